The Kier molecular flexibility index (Phi) is 4.80. The highest BCUT2D eigenvalue weighted by molar-refractivity contribution is 5.95. The molecule has 0 spiro atoms. The van der Waals surface area contributed by atoms with Gasteiger partial charge in [0.1, 0.15) is 17.2 Å². The molecule has 0 radical (unpaired) electrons. The highest BCUT2D eigenvalue weighted by Crippen LogP contribution is 2.37. The zero-order chi connectivity index (χ0) is 15.6. The van der Waals surface area contributed by atoms with Gasteiger partial charge < -0.3 is 10.5 Å². The van der Waals surface area contributed by atoms with E-state index in [4.69, 9.17) is 10.5 Å². The number of rotatable bonds is 3. The van der Waals surface area contributed by atoms with Crippen molar-refractivity contribution in [1.82, 2.24) is 9.97 Å². The number of carbonyl (C=O) groups is 1. The Morgan fingerprint density at radius 1 is 1.24 bits per heavy atom. The summed E-state index contributed by atoms with van der Waals surface area (Å²) in [4.78, 5) is 20.5. The van der Waals surface area contributed by atoms with Gasteiger partial charge in [0.05, 0.1) is 12.8 Å². The Labute approximate surface area is 126 Å². The fraction of sp³-hybridized carbons (Fsp3) is 0.688. The maximum atomic E-state index is 11.7. The van der Waals surface area contributed by atoms with Crippen molar-refractivity contribution >= 4 is 11.8 Å². The number of aromatic nitrogens is 2. The monoisotopic (exact) mass is 291 g/mol. The fourth-order valence-electron chi connectivity index (χ4n) is 3.20. The Bertz CT molecular complexity index is 497. The van der Waals surface area contributed by atoms with Crippen LogP contribution in [0.5, 0.6) is 0 Å². The van der Waals surface area contributed by atoms with Crippen LogP contribution in [0, 0.1) is 18.8 Å². The zero-order valence-electron chi connectivity index (χ0n) is 13.3. The van der Waals surface area contributed by atoms with Crippen molar-refractivity contribution in [3.8, 4) is 0 Å². The predicted molar refractivity (Wildman–Crippen MR) is 82.1 cm³/mol. The third-order valence-electron chi connectivity index (χ3n) is 4.60. The van der Waals surface area contributed by atoms with E-state index in [1.807, 2.05) is 0 Å². The van der Waals surface area contributed by atoms with Crippen LogP contribution in [0.25, 0.3) is 0 Å². The van der Waals surface area contributed by atoms with Gasteiger partial charge in [0.25, 0.3) is 0 Å². The number of anilines is 1. The summed E-state index contributed by atoms with van der Waals surface area (Å²) in [6, 6.07) is 0. The molecule has 1 saturated carbocycles. The first-order valence-corrected chi connectivity index (χ1v) is 7.66. The summed E-state index contributed by atoms with van der Waals surface area (Å²) in [6.07, 6.45) is 4.62. The lowest BCUT2D eigenvalue weighted by Crippen LogP contribution is -2.21. The lowest BCUT2D eigenvalue weighted by Gasteiger charge is -2.30. The highest BCUT2D eigenvalue weighted by Gasteiger charge is 2.27. The number of carbonyl (C=O) groups excluding carboxylic acids is 1. The Balaban J connectivity index is 2.17. The van der Waals surface area contributed by atoms with Crippen LogP contribution in [-0.4, -0.2) is 23.0 Å². The first-order chi connectivity index (χ1) is 9.93. The molecule has 5 nitrogen and oxygen atoms in total. The molecule has 1 fully saturated rings. The minimum absolute atomic E-state index is 0.232. The molecule has 0 unspecified atom stereocenters. The molecule has 0 saturated heterocycles. The van der Waals surface area contributed by atoms with Crippen molar-refractivity contribution in [1.29, 1.82) is 0 Å². The molecule has 5 heteroatoms. The average molecular weight is 291 g/mol. The quantitative estimate of drug-likeness (QED) is 0.866. The van der Waals surface area contributed by atoms with Crippen molar-refractivity contribution in [2.75, 3.05) is 12.8 Å². The molecule has 21 heavy (non-hydrogen) atoms. The summed E-state index contributed by atoms with van der Waals surface area (Å²) in [7, 11) is 1.34. The number of esters is 1. The third-order valence-corrected chi connectivity index (χ3v) is 4.60. The first-order valence-electron chi connectivity index (χ1n) is 7.66. The van der Waals surface area contributed by atoms with Crippen LogP contribution in [0.3, 0.4) is 0 Å². The van der Waals surface area contributed by atoms with Crippen LogP contribution >= 0.6 is 0 Å². The highest BCUT2D eigenvalue weighted by atomic mass is 16.5. The van der Waals surface area contributed by atoms with Crippen molar-refractivity contribution < 1.29 is 9.53 Å². The Hall–Kier alpha value is -1.65. The van der Waals surface area contributed by atoms with E-state index < -0.39 is 5.97 Å². The van der Waals surface area contributed by atoms with Gasteiger partial charge in [-0.25, -0.2) is 14.8 Å². The van der Waals surface area contributed by atoms with Crippen molar-refractivity contribution in [3.05, 3.63) is 17.1 Å². The van der Waals surface area contributed by atoms with E-state index >= 15 is 0 Å². The molecule has 0 aromatic carbocycles. The van der Waals surface area contributed by atoms with Gasteiger partial charge in [-0.3, -0.25) is 0 Å². The van der Waals surface area contributed by atoms with Gasteiger partial charge in [-0.1, -0.05) is 13.8 Å². The van der Waals surface area contributed by atoms with Crippen molar-refractivity contribution in [2.45, 2.75) is 52.4 Å². The van der Waals surface area contributed by atoms with Gasteiger partial charge >= 0.3 is 5.97 Å². The fourth-order valence-corrected chi connectivity index (χ4v) is 3.20. The van der Waals surface area contributed by atoms with Crippen LogP contribution in [0.15, 0.2) is 0 Å². The van der Waals surface area contributed by atoms with Gasteiger partial charge in [-0.05, 0) is 44.4 Å². The van der Waals surface area contributed by atoms with E-state index in [-0.39, 0.29) is 11.4 Å². The maximum absolute atomic E-state index is 11.7. The zero-order valence-corrected chi connectivity index (χ0v) is 13.3. The molecular formula is C16H25N3O2. The Morgan fingerprint density at radius 3 is 2.33 bits per heavy atom. The average Bonchev–Trinajstić information content (AvgIpc) is 2.46. The van der Waals surface area contributed by atoms with Gasteiger partial charge in [-0.15, -0.1) is 0 Å². The first kappa shape index (κ1) is 15.7. The van der Waals surface area contributed by atoms with E-state index in [1.54, 1.807) is 6.92 Å². The summed E-state index contributed by atoms with van der Waals surface area (Å²) in [5.41, 5.74) is 6.82. The molecule has 1 aliphatic rings. The van der Waals surface area contributed by atoms with Gasteiger partial charge in [-0.2, -0.15) is 0 Å². The van der Waals surface area contributed by atoms with E-state index in [1.165, 1.54) is 20.0 Å². The van der Waals surface area contributed by atoms with Gasteiger partial charge in [0.15, 0.2) is 0 Å². The third kappa shape index (κ3) is 3.34. The number of hydrogen-bond donors (Lipinski definition) is 1. The van der Waals surface area contributed by atoms with Crippen LogP contribution in [0.4, 0.5) is 5.82 Å². The van der Waals surface area contributed by atoms with Crippen LogP contribution in [0.2, 0.25) is 0 Å². The number of hydrogen-bond acceptors (Lipinski definition) is 5. The number of ether oxygens (including phenoxy) is 1. The lowest BCUT2D eigenvalue weighted by molar-refractivity contribution is 0.0600. The largest absolute Gasteiger partial charge is 0.465 e. The minimum atomic E-state index is -0.472. The van der Waals surface area contributed by atoms with Crippen LogP contribution in [-0.2, 0) is 4.74 Å². The normalized spacial score (nSPS) is 22.3. The van der Waals surface area contributed by atoms with Crippen molar-refractivity contribution in [3.63, 3.8) is 0 Å². The van der Waals surface area contributed by atoms with Crippen molar-refractivity contribution in [2.24, 2.45) is 11.8 Å². The number of nitrogen functional groups attached to an aromatic ring is 1. The molecule has 0 aliphatic heterocycles. The summed E-state index contributed by atoms with van der Waals surface area (Å²) < 4.78 is 4.72. The summed E-state index contributed by atoms with van der Waals surface area (Å²) >= 11 is 0. The second-order valence-electron chi connectivity index (χ2n) is 6.27. The molecule has 0 amide bonds. The van der Waals surface area contributed by atoms with E-state index in [9.17, 15) is 4.79 Å². The molecule has 0 bridgehead atoms. The Morgan fingerprint density at radius 2 is 1.86 bits per heavy atom. The summed E-state index contributed by atoms with van der Waals surface area (Å²) in [5.74, 6) is 2.43. The van der Waals surface area contributed by atoms with E-state index in [0.29, 0.717) is 11.6 Å². The SMILES string of the molecule is COC(=O)c1c(C)nc(C2CCC(C(C)C)CC2)nc1N. The van der Waals surface area contributed by atoms with Crippen LogP contribution < -0.4 is 5.73 Å². The molecule has 2 N–H and O–H groups in total. The molecule has 1 aromatic rings. The number of nitrogens with two attached hydrogens (primary N) is 1. The second kappa shape index (κ2) is 6.41. The molecule has 0 atom stereocenters. The topological polar surface area (TPSA) is 78.1 Å². The number of methoxy groups -OCH3 is 1. The van der Waals surface area contributed by atoms with Crippen LogP contribution in [0.1, 0.15) is 67.3 Å². The molecule has 1 heterocycles. The predicted octanol–water partition coefficient (Wildman–Crippen LogP) is 3.08. The van der Waals surface area contributed by atoms with Gasteiger partial charge in [0.2, 0.25) is 0 Å². The number of nitrogens with zero attached hydrogens (tertiary/aromatic N) is 2. The smallest absolute Gasteiger partial charge is 0.343 e. The summed E-state index contributed by atoms with van der Waals surface area (Å²) in [5, 5.41) is 0. The van der Waals surface area contributed by atoms with Gasteiger partial charge in [0, 0.05) is 5.92 Å². The van der Waals surface area contributed by atoms with E-state index in [2.05, 4.69) is 23.8 Å². The molecule has 1 aliphatic carbocycles. The maximum Gasteiger partial charge on any atom is 0.343 e. The lowest BCUT2D eigenvalue weighted by atomic mass is 9.76. The molecule has 2 rings (SSSR count). The molecule has 116 valence electrons. The molecular weight excluding hydrogens is 266 g/mol. The number of aryl methyl sites for hydroxylation is 1. The van der Waals surface area contributed by atoms with E-state index in [0.717, 1.165) is 30.5 Å². The minimum Gasteiger partial charge on any atom is -0.465 e. The second-order valence-corrected chi connectivity index (χ2v) is 6.27. The molecule has 1 aromatic heterocycles. The summed E-state index contributed by atoms with van der Waals surface area (Å²) in [6.45, 7) is 6.36. The standard InChI is InChI=1S/C16H25N3O2/c1-9(2)11-5-7-12(8-6-11)15-18-10(3)13(14(17)19-15)16(20)21-4/h9,11-12H,5-8H2,1-4H3,(H2,17,18,19).